The van der Waals surface area contributed by atoms with Crippen LogP contribution < -0.4 is 15.5 Å². The first-order valence-corrected chi connectivity index (χ1v) is 12.3. The van der Waals surface area contributed by atoms with Crippen molar-refractivity contribution in [3.63, 3.8) is 0 Å². The summed E-state index contributed by atoms with van der Waals surface area (Å²) in [6, 6.07) is 12.2. The molecule has 0 aliphatic carbocycles. The van der Waals surface area contributed by atoms with Crippen molar-refractivity contribution in [3.8, 4) is 5.75 Å². The van der Waals surface area contributed by atoms with Gasteiger partial charge in [0.2, 0.25) is 0 Å². The Morgan fingerprint density at radius 1 is 1.31 bits per heavy atom. The maximum absolute atomic E-state index is 12.9. The molecule has 192 valence electrons. The number of aldehydes is 1. The number of aliphatic hydroxyl groups excluding tert-OH is 1. The molecule has 3 N–H and O–H groups in total. The van der Waals surface area contributed by atoms with Crippen LogP contribution in [0.1, 0.15) is 54.2 Å². The van der Waals surface area contributed by atoms with Crippen molar-refractivity contribution in [2.24, 2.45) is 5.10 Å². The molecule has 0 spiro atoms. The van der Waals surface area contributed by atoms with Crippen molar-refractivity contribution in [1.29, 1.82) is 0 Å². The van der Waals surface area contributed by atoms with E-state index >= 15 is 0 Å². The second kappa shape index (κ2) is 12.7. The summed E-state index contributed by atoms with van der Waals surface area (Å²) >= 11 is 6.17. The molecule has 0 radical (unpaired) electrons. The van der Waals surface area contributed by atoms with Gasteiger partial charge in [-0.15, -0.1) is 0 Å². The summed E-state index contributed by atoms with van der Waals surface area (Å²) in [6.07, 6.45) is 3.13. The lowest BCUT2D eigenvalue weighted by Gasteiger charge is -2.33. The van der Waals surface area contributed by atoms with E-state index in [0.717, 1.165) is 24.9 Å². The first-order chi connectivity index (χ1) is 17.2. The van der Waals surface area contributed by atoms with Gasteiger partial charge in [0.25, 0.3) is 5.91 Å². The predicted octanol–water partition coefficient (Wildman–Crippen LogP) is 3.98. The van der Waals surface area contributed by atoms with E-state index in [9.17, 15) is 14.7 Å². The number of hydrogen-bond acceptors (Lipinski definition) is 7. The smallest absolute Gasteiger partial charge is 0.251 e. The van der Waals surface area contributed by atoms with Crippen molar-refractivity contribution in [2.45, 2.75) is 51.9 Å². The molecule has 2 aromatic carbocycles. The zero-order valence-corrected chi connectivity index (χ0v) is 21.7. The lowest BCUT2D eigenvalue weighted by Crippen LogP contribution is -2.50. The number of hydrogen-bond donors (Lipinski definition) is 3. The van der Waals surface area contributed by atoms with Gasteiger partial charge in [0.15, 0.2) is 12.0 Å². The topological polar surface area (TPSA) is 103 Å². The van der Waals surface area contributed by atoms with E-state index < -0.39 is 12.3 Å². The van der Waals surface area contributed by atoms with Crippen molar-refractivity contribution in [1.82, 2.24) is 15.6 Å². The van der Waals surface area contributed by atoms with Crippen LogP contribution in [0.2, 0.25) is 5.02 Å². The molecule has 9 heteroatoms. The number of carbonyl (C=O) groups excluding carboxylic acids is 2. The van der Waals surface area contributed by atoms with Crippen LogP contribution in [0.15, 0.2) is 59.4 Å². The molecule has 3 atom stereocenters. The first-order valence-electron chi connectivity index (χ1n) is 11.9. The minimum Gasteiger partial charge on any atom is -0.454 e. The van der Waals surface area contributed by atoms with Gasteiger partial charge in [0.1, 0.15) is 12.0 Å². The van der Waals surface area contributed by atoms with E-state index in [1.807, 2.05) is 29.2 Å². The van der Waals surface area contributed by atoms with E-state index in [0.29, 0.717) is 33.9 Å². The predicted molar refractivity (Wildman–Crippen MR) is 141 cm³/mol. The summed E-state index contributed by atoms with van der Waals surface area (Å²) in [5.74, 6) is 0.248. The van der Waals surface area contributed by atoms with Crippen molar-refractivity contribution < 1.29 is 19.4 Å². The fourth-order valence-electron chi connectivity index (χ4n) is 4.36. The van der Waals surface area contributed by atoms with Gasteiger partial charge in [-0.1, -0.05) is 23.7 Å². The van der Waals surface area contributed by atoms with Crippen molar-refractivity contribution >= 4 is 29.5 Å². The molecule has 2 aromatic rings. The number of amides is 1. The maximum Gasteiger partial charge on any atom is 0.251 e. The number of ether oxygens (including phenoxy) is 1. The van der Waals surface area contributed by atoms with Crippen LogP contribution in [0.4, 0.5) is 0 Å². The monoisotopic (exact) mass is 512 g/mol. The Balaban J connectivity index is 1.66. The number of allylic oxidation sites excluding steroid dienone is 2. The number of carbonyl (C=O) groups is 2. The number of nitrogens with zero attached hydrogens (tertiary/aromatic N) is 2. The number of benzene rings is 2. The number of hydrazone groups is 1. The molecule has 8 nitrogen and oxygen atoms in total. The number of rotatable bonds is 10. The van der Waals surface area contributed by atoms with Gasteiger partial charge in [-0.25, -0.2) is 0 Å². The Labute approximate surface area is 217 Å². The van der Waals surface area contributed by atoms with Crippen LogP contribution in [0, 0.1) is 6.92 Å². The van der Waals surface area contributed by atoms with Gasteiger partial charge in [-0.2, -0.15) is 5.10 Å². The molecule has 1 aliphatic heterocycles. The van der Waals surface area contributed by atoms with E-state index in [2.05, 4.69) is 15.8 Å². The molecular weight excluding hydrogens is 480 g/mol. The van der Waals surface area contributed by atoms with E-state index in [1.165, 1.54) is 6.08 Å². The van der Waals surface area contributed by atoms with Gasteiger partial charge in [-0.3, -0.25) is 14.5 Å². The third-order valence-corrected chi connectivity index (χ3v) is 6.33. The van der Waals surface area contributed by atoms with Gasteiger partial charge >= 0.3 is 0 Å². The average molecular weight is 513 g/mol. The maximum atomic E-state index is 12.9. The minimum atomic E-state index is -0.855. The molecule has 1 aliphatic rings. The molecular formula is C27H33ClN4O4. The second-order valence-electron chi connectivity index (χ2n) is 8.85. The van der Waals surface area contributed by atoms with Crippen molar-refractivity contribution in [2.75, 3.05) is 13.6 Å². The lowest BCUT2D eigenvalue weighted by molar-refractivity contribution is -0.106. The molecule has 1 heterocycles. The summed E-state index contributed by atoms with van der Waals surface area (Å²) in [6.45, 7) is 6.05. The number of likely N-dealkylation sites (tertiary alicyclic amines) is 1. The molecule has 0 saturated carbocycles. The van der Waals surface area contributed by atoms with Crippen molar-refractivity contribution in [3.05, 3.63) is 76.0 Å². The Morgan fingerprint density at radius 2 is 2.08 bits per heavy atom. The fraction of sp³-hybridized carbons (Fsp3) is 0.370. The van der Waals surface area contributed by atoms with Crippen LogP contribution in [-0.2, 0) is 4.79 Å². The van der Waals surface area contributed by atoms with Gasteiger partial charge in [0, 0.05) is 36.3 Å². The van der Waals surface area contributed by atoms with Gasteiger partial charge < -0.3 is 20.6 Å². The van der Waals surface area contributed by atoms with E-state index in [1.54, 1.807) is 46.0 Å². The molecule has 36 heavy (non-hydrogen) atoms. The largest absolute Gasteiger partial charge is 0.454 e. The summed E-state index contributed by atoms with van der Waals surface area (Å²) in [7, 11) is 1.66. The highest BCUT2D eigenvalue weighted by Gasteiger charge is 2.34. The highest BCUT2D eigenvalue weighted by molar-refractivity contribution is 6.30. The van der Waals surface area contributed by atoms with Gasteiger partial charge in [0.05, 0.1) is 11.8 Å². The zero-order chi connectivity index (χ0) is 26.2. The second-order valence-corrected chi connectivity index (χ2v) is 9.29. The Morgan fingerprint density at radius 3 is 2.75 bits per heavy atom. The number of aryl methyl sites for hydroxylation is 1. The molecule has 2 unspecified atom stereocenters. The van der Waals surface area contributed by atoms with Crippen LogP contribution in [-0.4, -0.2) is 53.8 Å². The molecule has 1 amide bonds. The molecule has 0 aromatic heterocycles. The SMILES string of the molecule is CN/N=C(C)\C=C(/C=O)Oc1ccc(C(=O)N[C@H](C)C(O)N2CCCC2c2cccc(Cl)c2)cc1C. The number of aliphatic hydroxyl groups is 1. The zero-order valence-electron chi connectivity index (χ0n) is 21.0. The summed E-state index contributed by atoms with van der Waals surface area (Å²) in [5.41, 5.74) is 5.40. The number of nitrogens with one attached hydrogen (secondary N) is 2. The van der Waals surface area contributed by atoms with E-state index in [4.69, 9.17) is 16.3 Å². The highest BCUT2D eigenvalue weighted by Crippen LogP contribution is 2.34. The van der Waals surface area contributed by atoms with Crippen LogP contribution in [0.5, 0.6) is 5.75 Å². The summed E-state index contributed by atoms with van der Waals surface area (Å²) in [5, 5.41) is 18.6. The molecule has 1 fully saturated rings. The standard InChI is InChI=1S/C27H33ClN4O4/c1-17-13-21(10-11-25(17)36-23(16-33)14-18(2)31-29-4)26(34)30-19(3)27(35)32-12-6-9-24(32)20-7-5-8-22(28)15-20/h5,7-8,10-11,13-16,19,24,27,29,35H,6,9,12H2,1-4H3,(H,30,34)/b23-14+,31-18-/t19-,24?,27?/m1/s1. The van der Waals surface area contributed by atoms with Crippen LogP contribution in [0.3, 0.4) is 0 Å². The Bertz CT molecular complexity index is 1150. The average Bonchev–Trinajstić information content (AvgIpc) is 3.34. The third kappa shape index (κ3) is 6.94. The van der Waals surface area contributed by atoms with Gasteiger partial charge in [-0.05, 0) is 75.1 Å². The minimum absolute atomic E-state index is 0.0404. The summed E-state index contributed by atoms with van der Waals surface area (Å²) in [4.78, 5) is 26.3. The Hall–Kier alpha value is -3.20. The normalized spacial score (nSPS) is 18.4. The highest BCUT2D eigenvalue weighted by atomic mass is 35.5. The van der Waals surface area contributed by atoms with Crippen LogP contribution in [0.25, 0.3) is 0 Å². The molecule has 3 rings (SSSR count). The summed E-state index contributed by atoms with van der Waals surface area (Å²) < 4.78 is 5.69. The van der Waals surface area contributed by atoms with Crippen LogP contribution >= 0.6 is 11.6 Å². The lowest BCUT2D eigenvalue weighted by atomic mass is 10.0. The molecule has 0 bridgehead atoms. The quantitative estimate of drug-likeness (QED) is 0.146. The Kier molecular flexibility index (Phi) is 9.64. The molecule has 1 saturated heterocycles. The first kappa shape index (κ1) is 27.4. The fourth-order valence-corrected chi connectivity index (χ4v) is 4.56. The number of halogens is 1. The van der Waals surface area contributed by atoms with E-state index in [-0.39, 0.29) is 17.7 Å². The third-order valence-electron chi connectivity index (χ3n) is 6.09.